The molecule has 4 heteroatoms. The zero-order valence-electron chi connectivity index (χ0n) is 7.13. The molecule has 0 aromatic rings. The second kappa shape index (κ2) is 3.83. The zero-order valence-corrected chi connectivity index (χ0v) is 7.13. The van der Waals surface area contributed by atoms with Crippen molar-refractivity contribution in [3.05, 3.63) is 12.2 Å². The van der Waals surface area contributed by atoms with Crippen molar-refractivity contribution >= 4 is 12.0 Å². The molecule has 0 fully saturated rings. The van der Waals surface area contributed by atoms with Crippen LogP contribution in [0.2, 0.25) is 0 Å². The number of carboxylic acid groups (broad SMARTS) is 1. The van der Waals surface area contributed by atoms with E-state index in [1.54, 1.807) is 13.8 Å². The number of carbonyl (C=O) groups excluding carboxylic acids is 1. The summed E-state index contributed by atoms with van der Waals surface area (Å²) in [6.45, 7) is 6.80. The van der Waals surface area contributed by atoms with Gasteiger partial charge in [-0.05, 0) is 0 Å². The van der Waals surface area contributed by atoms with Gasteiger partial charge >= 0.3 is 5.97 Å². The summed E-state index contributed by atoms with van der Waals surface area (Å²) in [7, 11) is 0. The maximum Gasteiger partial charge on any atom is 0.331 e. The fourth-order valence-electron chi connectivity index (χ4n) is 0.615. The number of nitrogens with zero attached hydrogens (tertiary/aromatic N) is 1. The summed E-state index contributed by atoms with van der Waals surface area (Å²) >= 11 is 0. The van der Waals surface area contributed by atoms with Crippen molar-refractivity contribution < 1.29 is 14.7 Å². The molecule has 0 saturated heterocycles. The van der Waals surface area contributed by atoms with E-state index in [9.17, 15) is 9.59 Å². The molecule has 0 radical (unpaired) electrons. The third kappa shape index (κ3) is 2.68. The number of aliphatic carboxylic acids is 1. The lowest BCUT2D eigenvalue weighted by Gasteiger charge is -2.20. The van der Waals surface area contributed by atoms with E-state index in [1.807, 2.05) is 0 Å². The van der Waals surface area contributed by atoms with Gasteiger partial charge in [0.2, 0.25) is 6.08 Å². The highest BCUT2D eigenvalue weighted by Gasteiger charge is 2.26. The number of isocyanates is 1. The Balaban J connectivity index is 4.49. The molecule has 0 atom stereocenters. The highest BCUT2D eigenvalue weighted by Crippen LogP contribution is 2.24. The van der Waals surface area contributed by atoms with Crippen LogP contribution in [0.4, 0.5) is 0 Å². The van der Waals surface area contributed by atoms with Crippen molar-refractivity contribution in [1.82, 2.24) is 0 Å². The molecule has 0 aliphatic carbocycles. The van der Waals surface area contributed by atoms with E-state index < -0.39 is 11.4 Å². The number of rotatable bonds is 4. The molecule has 0 spiro atoms. The molecule has 0 aliphatic heterocycles. The summed E-state index contributed by atoms with van der Waals surface area (Å²) in [6, 6.07) is 0. The molecule has 0 heterocycles. The van der Waals surface area contributed by atoms with E-state index >= 15 is 0 Å². The molecule has 0 saturated carbocycles. The Morgan fingerprint density at radius 3 is 2.50 bits per heavy atom. The predicted molar refractivity (Wildman–Crippen MR) is 43.5 cm³/mol. The fraction of sp³-hybridized carbons (Fsp3) is 0.500. The average Bonchev–Trinajstić information content (AvgIpc) is 1.99. The highest BCUT2D eigenvalue weighted by molar-refractivity contribution is 5.87. The zero-order chi connectivity index (χ0) is 9.78. The molecule has 0 bridgehead atoms. The highest BCUT2D eigenvalue weighted by atomic mass is 16.4. The first-order valence-corrected chi connectivity index (χ1v) is 3.38. The van der Waals surface area contributed by atoms with Gasteiger partial charge in [-0.1, -0.05) is 20.4 Å². The largest absolute Gasteiger partial charge is 0.478 e. The topological polar surface area (TPSA) is 66.7 Å². The molecular formula is C8H11NO3. The molecule has 0 aromatic heterocycles. The maximum absolute atomic E-state index is 10.5. The number of carbonyl (C=O) groups is 1. The Labute approximate surface area is 70.6 Å². The number of aliphatic imine (C=N–C) groups is 1. The van der Waals surface area contributed by atoms with Crippen LogP contribution in [0.25, 0.3) is 0 Å². The van der Waals surface area contributed by atoms with Crippen LogP contribution in [0.15, 0.2) is 17.1 Å². The first-order valence-electron chi connectivity index (χ1n) is 3.38. The SMILES string of the molecule is C=C(C(=O)O)C(C)(C)CN=C=O. The van der Waals surface area contributed by atoms with Crippen LogP contribution < -0.4 is 0 Å². The molecule has 12 heavy (non-hydrogen) atoms. The van der Waals surface area contributed by atoms with Crippen molar-refractivity contribution in [2.75, 3.05) is 6.54 Å². The predicted octanol–water partition coefficient (Wildman–Crippen LogP) is 0.989. The van der Waals surface area contributed by atoms with Crippen molar-refractivity contribution in [3.63, 3.8) is 0 Å². The quantitative estimate of drug-likeness (QED) is 0.387. The molecule has 4 nitrogen and oxygen atoms in total. The molecule has 1 N–H and O–H groups in total. The minimum Gasteiger partial charge on any atom is -0.478 e. The van der Waals surface area contributed by atoms with Crippen LogP contribution in [-0.4, -0.2) is 23.7 Å². The van der Waals surface area contributed by atoms with Gasteiger partial charge < -0.3 is 5.11 Å². The lowest BCUT2D eigenvalue weighted by molar-refractivity contribution is -0.133. The lowest BCUT2D eigenvalue weighted by Crippen LogP contribution is -2.23. The van der Waals surface area contributed by atoms with E-state index in [4.69, 9.17) is 5.11 Å². The number of hydrogen-bond acceptors (Lipinski definition) is 3. The molecule has 0 amide bonds. The number of hydrogen-bond donors (Lipinski definition) is 1. The minimum atomic E-state index is -1.07. The van der Waals surface area contributed by atoms with E-state index in [0.29, 0.717) is 0 Å². The molecule has 0 aromatic carbocycles. The molecular weight excluding hydrogens is 158 g/mol. The van der Waals surface area contributed by atoms with Crippen LogP contribution in [-0.2, 0) is 9.59 Å². The van der Waals surface area contributed by atoms with Crippen molar-refractivity contribution in [2.24, 2.45) is 10.4 Å². The standard InChI is InChI=1S/C8H11NO3/c1-6(7(11)12)8(2,3)4-9-5-10/h1,4H2,2-3H3,(H,11,12). The maximum atomic E-state index is 10.5. The van der Waals surface area contributed by atoms with E-state index in [2.05, 4.69) is 11.6 Å². The van der Waals surface area contributed by atoms with Gasteiger partial charge in [-0.15, -0.1) is 0 Å². The summed E-state index contributed by atoms with van der Waals surface area (Å²) in [5.41, 5.74) is -0.648. The Kier molecular flexibility index (Phi) is 3.38. The summed E-state index contributed by atoms with van der Waals surface area (Å²) in [5, 5.41) is 8.58. The van der Waals surface area contributed by atoms with Crippen LogP contribution in [0.5, 0.6) is 0 Å². The lowest BCUT2D eigenvalue weighted by atomic mass is 9.85. The summed E-state index contributed by atoms with van der Waals surface area (Å²) in [5.74, 6) is -1.07. The number of carboxylic acids is 1. The summed E-state index contributed by atoms with van der Waals surface area (Å²) in [6.07, 6.45) is 1.36. The van der Waals surface area contributed by atoms with Crippen molar-refractivity contribution in [1.29, 1.82) is 0 Å². The Morgan fingerprint density at radius 2 is 2.17 bits per heavy atom. The molecule has 0 aliphatic rings. The Bertz CT molecular complexity index is 249. The van der Waals surface area contributed by atoms with Crippen molar-refractivity contribution in [3.8, 4) is 0 Å². The van der Waals surface area contributed by atoms with Crippen LogP contribution >= 0.6 is 0 Å². The second-order valence-electron chi connectivity index (χ2n) is 3.08. The van der Waals surface area contributed by atoms with E-state index in [-0.39, 0.29) is 12.1 Å². The normalized spacial score (nSPS) is 10.2. The van der Waals surface area contributed by atoms with Crippen molar-refractivity contribution in [2.45, 2.75) is 13.8 Å². The minimum absolute atomic E-state index is 0.0431. The second-order valence-corrected chi connectivity index (χ2v) is 3.08. The van der Waals surface area contributed by atoms with Gasteiger partial charge in [0.25, 0.3) is 0 Å². The van der Waals surface area contributed by atoms with Gasteiger partial charge in [0.1, 0.15) is 0 Å². The van der Waals surface area contributed by atoms with Gasteiger partial charge in [0.15, 0.2) is 0 Å². The van der Waals surface area contributed by atoms with Gasteiger partial charge in [-0.2, -0.15) is 0 Å². The summed E-state index contributed by atoms with van der Waals surface area (Å²) in [4.78, 5) is 23.6. The monoisotopic (exact) mass is 169 g/mol. The molecule has 0 rings (SSSR count). The first-order chi connectivity index (χ1) is 5.41. The molecule has 66 valence electrons. The summed E-state index contributed by atoms with van der Waals surface area (Å²) < 4.78 is 0. The average molecular weight is 169 g/mol. The Hall–Kier alpha value is -1.41. The van der Waals surface area contributed by atoms with E-state index in [0.717, 1.165) is 0 Å². The third-order valence-electron chi connectivity index (χ3n) is 1.61. The fourth-order valence-corrected chi connectivity index (χ4v) is 0.615. The van der Waals surface area contributed by atoms with Gasteiger partial charge in [-0.3, -0.25) is 0 Å². The molecule has 0 unspecified atom stereocenters. The smallest absolute Gasteiger partial charge is 0.331 e. The van der Waals surface area contributed by atoms with Crippen LogP contribution in [0, 0.1) is 5.41 Å². The van der Waals surface area contributed by atoms with Crippen LogP contribution in [0.3, 0.4) is 0 Å². The van der Waals surface area contributed by atoms with Crippen LogP contribution in [0.1, 0.15) is 13.8 Å². The third-order valence-corrected chi connectivity index (χ3v) is 1.61. The van der Waals surface area contributed by atoms with Gasteiger partial charge in [-0.25, -0.2) is 14.6 Å². The van der Waals surface area contributed by atoms with Gasteiger partial charge in [0.05, 0.1) is 6.54 Å². The Morgan fingerprint density at radius 1 is 1.67 bits per heavy atom. The van der Waals surface area contributed by atoms with E-state index in [1.165, 1.54) is 6.08 Å². The first kappa shape index (κ1) is 10.6. The van der Waals surface area contributed by atoms with Gasteiger partial charge in [0, 0.05) is 11.0 Å².